The lowest BCUT2D eigenvalue weighted by molar-refractivity contribution is 0.726. The number of fused-ring (bicyclic) bond motifs is 1. The first-order valence-corrected chi connectivity index (χ1v) is 9.82. The summed E-state index contributed by atoms with van der Waals surface area (Å²) < 4.78 is 0. The molecule has 0 atom stereocenters. The number of nitrogens with zero attached hydrogens (tertiary/aromatic N) is 5. The minimum atomic E-state index is -0.348. The Hall–Kier alpha value is -3.73. The standard InChI is InChI=1S/C19H24N10O/c20-16(26-28-21)12-5-7-13(8-6-12)23-17-15-14(11-22-27-18(15)30)24-19(25-17)29-9-3-1-2-4-10-29/h5-8,11,28H,1-4,9-10,21H2,(H2,20,26)(H,27,30)(H,23,24,25). The van der Waals surface area contributed by atoms with Crippen LogP contribution >= 0.6 is 0 Å². The Morgan fingerprint density at radius 1 is 1.10 bits per heavy atom. The topological polar surface area (TPSA) is 163 Å². The SMILES string of the molecule is NN/N=C(\N)c1ccc(Nc2nc(N3CCCCCC3)nc3cn[nH]c(=O)c23)cc1. The number of aromatic nitrogens is 4. The number of amidine groups is 1. The fraction of sp³-hybridized carbons (Fsp3) is 0.316. The lowest BCUT2D eigenvalue weighted by Crippen LogP contribution is -2.27. The van der Waals surface area contributed by atoms with Crippen LogP contribution < -0.4 is 32.9 Å². The Morgan fingerprint density at radius 3 is 2.53 bits per heavy atom. The third-order valence-corrected chi connectivity index (χ3v) is 5.02. The predicted octanol–water partition coefficient (Wildman–Crippen LogP) is 0.921. The molecule has 3 heterocycles. The van der Waals surface area contributed by atoms with Crippen molar-refractivity contribution in [3.63, 3.8) is 0 Å². The molecule has 30 heavy (non-hydrogen) atoms. The molecule has 0 spiro atoms. The lowest BCUT2D eigenvalue weighted by atomic mass is 10.2. The molecule has 0 unspecified atom stereocenters. The number of nitrogens with one attached hydrogen (secondary N) is 3. The van der Waals surface area contributed by atoms with E-state index in [1.165, 1.54) is 12.8 Å². The smallest absolute Gasteiger partial charge is 0.277 e. The summed E-state index contributed by atoms with van der Waals surface area (Å²) in [5.74, 6) is 6.46. The molecule has 7 N–H and O–H groups in total. The Morgan fingerprint density at radius 2 is 1.83 bits per heavy atom. The van der Waals surface area contributed by atoms with E-state index in [-0.39, 0.29) is 11.4 Å². The van der Waals surface area contributed by atoms with E-state index in [1.807, 2.05) is 12.1 Å². The van der Waals surface area contributed by atoms with Crippen LogP contribution in [0.4, 0.5) is 17.5 Å². The van der Waals surface area contributed by atoms with Gasteiger partial charge in [-0.25, -0.2) is 21.5 Å². The van der Waals surface area contributed by atoms with Gasteiger partial charge in [0.1, 0.15) is 16.7 Å². The molecule has 156 valence electrons. The van der Waals surface area contributed by atoms with Crippen molar-refractivity contribution < 1.29 is 0 Å². The van der Waals surface area contributed by atoms with E-state index in [0.29, 0.717) is 28.2 Å². The zero-order chi connectivity index (χ0) is 20.9. The van der Waals surface area contributed by atoms with Crippen molar-refractivity contribution in [2.45, 2.75) is 25.7 Å². The molecular formula is C19H24N10O. The molecule has 2 aromatic heterocycles. The van der Waals surface area contributed by atoms with E-state index in [4.69, 9.17) is 16.6 Å². The molecule has 1 aliphatic rings. The van der Waals surface area contributed by atoms with Gasteiger partial charge in [0.25, 0.3) is 5.56 Å². The summed E-state index contributed by atoms with van der Waals surface area (Å²) in [5, 5.41) is 13.7. The Bertz CT molecular complexity index is 1100. The number of benzene rings is 1. The van der Waals surface area contributed by atoms with Crippen LogP contribution in [0.5, 0.6) is 0 Å². The van der Waals surface area contributed by atoms with Crippen molar-refractivity contribution >= 4 is 34.2 Å². The Labute approximate surface area is 172 Å². The maximum absolute atomic E-state index is 12.4. The van der Waals surface area contributed by atoms with Gasteiger partial charge in [-0.05, 0) is 37.1 Å². The molecule has 0 amide bonds. The lowest BCUT2D eigenvalue weighted by Gasteiger charge is -2.21. The van der Waals surface area contributed by atoms with Gasteiger partial charge in [-0.15, -0.1) is 5.10 Å². The number of hydrazine groups is 1. The van der Waals surface area contributed by atoms with Gasteiger partial charge in [0.15, 0.2) is 5.84 Å². The van der Waals surface area contributed by atoms with Crippen LogP contribution in [0.2, 0.25) is 0 Å². The van der Waals surface area contributed by atoms with E-state index in [0.717, 1.165) is 31.6 Å². The van der Waals surface area contributed by atoms with Gasteiger partial charge in [-0.1, -0.05) is 12.8 Å². The summed E-state index contributed by atoms with van der Waals surface area (Å²) >= 11 is 0. The quantitative estimate of drug-likeness (QED) is 0.179. The zero-order valence-corrected chi connectivity index (χ0v) is 16.4. The van der Waals surface area contributed by atoms with Crippen LogP contribution in [0.25, 0.3) is 10.9 Å². The normalized spacial score (nSPS) is 15.1. The van der Waals surface area contributed by atoms with Crippen molar-refractivity contribution in [2.24, 2.45) is 16.7 Å². The molecular weight excluding hydrogens is 384 g/mol. The summed E-state index contributed by atoms with van der Waals surface area (Å²) in [5.41, 5.74) is 9.59. The number of rotatable bonds is 5. The second-order valence-electron chi connectivity index (χ2n) is 7.06. The minimum absolute atomic E-state index is 0.266. The van der Waals surface area contributed by atoms with Crippen molar-refractivity contribution in [3.8, 4) is 0 Å². The number of aromatic amines is 1. The number of nitrogens with two attached hydrogens (primary N) is 2. The first kappa shape index (κ1) is 19.6. The van der Waals surface area contributed by atoms with Gasteiger partial charge in [-0.3, -0.25) is 4.79 Å². The van der Waals surface area contributed by atoms with Crippen LogP contribution in [-0.4, -0.2) is 39.1 Å². The highest BCUT2D eigenvalue weighted by Gasteiger charge is 2.17. The fourth-order valence-corrected chi connectivity index (χ4v) is 3.49. The highest BCUT2D eigenvalue weighted by molar-refractivity contribution is 5.97. The summed E-state index contributed by atoms with van der Waals surface area (Å²) in [6.07, 6.45) is 6.15. The molecule has 3 aromatic rings. The van der Waals surface area contributed by atoms with E-state index in [9.17, 15) is 4.79 Å². The van der Waals surface area contributed by atoms with Gasteiger partial charge in [0, 0.05) is 24.3 Å². The summed E-state index contributed by atoms with van der Waals surface area (Å²) in [6.45, 7) is 1.79. The summed E-state index contributed by atoms with van der Waals surface area (Å²) in [4.78, 5) is 23.9. The number of anilines is 3. The maximum Gasteiger partial charge on any atom is 0.277 e. The monoisotopic (exact) mass is 408 g/mol. The van der Waals surface area contributed by atoms with Crippen LogP contribution in [0, 0.1) is 0 Å². The molecule has 1 saturated heterocycles. The highest BCUT2D eigenvalue weighted by atomic mass is 16.1. The first-order valence-electron chi connectivity index (χ1n) is 9.82. The van der Waals surface area contributed by atoms with Crippen molar-refractivity contribution in [2.75, 3.05) is 23.3 Å². The van der Waals surface area contributed by atoms with Gasteiger partial charge in [0.2, 0.25) is 5.95 Å². The van der Waals surface area contributed by atoms with Crippen LogP contribution in [0.15, 0.2) is 40.4 Å². The predicted molar refractivity (Wildman–Crippen MR) is 116 cm³/mol. The molecule has 4 rings (SSSR count). The average molecular weight is 408 g/mol. The van der Waals surface area contributed by atoms with Crippen molar-refractivity contribution in [1.82, 2.24) is 25.7 Å². The molecule has 0 aliphatic carbocycles. The van der Waals surface area contributed by atoms with E-state index in [2.05, 4.69) is 36.0 Å². The summed E-state index contributed by atoms with van der Waals surface area (Å²) in [6, 6.07) is 7.24. The molecule has 0 saturated carbocycles. The van der Waals surface area contributed by atoms with E-state index < -0.39 is 0 Å². The maximum atomic E-state index is 12.4. The van der Waals surface area contributed by atoms with E-state index >= 15 is 0 Å². The average Bonchev–Trinajstić information content (AvgIpc) is 3.04. The minimum Gasteiger partial charge on any atom is -0.382 e. The second-order valence-corrected chi connectivity index (χ2v) is 7.06. The fourth-order valence-electron chi connectivity index (χ4n) is 3.49. The molecule has 11 heteroatoms. The largest absolute Gasteiger partial charge is 0.382 e. The molecule has 1 aromatic carbocycles. The van der Waals surface area contributed by atoms with Crippen molar-refractivity contribution in [3.05, 3.63) is 46.4 Å². The van der Waals surface area contributed by atoms with Gasteiger partial charge < -0.3 is 16.0 Å². The van der Waals surface area contributed by atoms with Gasteiger partial charge >= 0.3 is 0 Å². The summed E-state index contributed by atoms with van der Waals surface area (Å²) in [7, 11) is 0. The van der Waals surface area contributed by atoms with Crippen LogP contribution in [-0.2, 0) is 0 Å². The Kier molecular flexibility index (Phi) is 5.70. The van der Waals surface area contributed by atoms with Gasteiger partial charge in [-0.2, -0.15) is 10.1 Å². The number of hydrogen-bond acceptors (Lipinski definition) is 9. The van der Waals surface area contributed by atoms with E-state index in [1.54, 1.807) is 18.3 Å². The van der Waals surface area contributed by atoms with Crippen molar-refractivity contribution in [1.29, 1.82) is 0 Å². The number of hydrogen-bond donors (Lipinski definition) is 5. The third-order valence-electron chi connectivity index (χ3n) is 5.02. The van der Waals surface area contributed by atoms with Crippen LogP contribution in [0.3, 0.4) is 0 Å². The highest BCUT2D eigenvalue weighted by Crippen LogP contribution is 2.25. The molecule has 1 fully saturated rings. The zero-order valence-electron chi connectivity index (χ0n) is 16.4. The molecule has 1 aliphatic heterocycles. The number of H-pyrrole nitrogens is 1. The molecule has 0 bridgehead atoms. The second kappa shape index (κ2) is 8.74. The molecule has 11 nitrogen and oxygen atoms in total. The third kappa shape index (κ3) is 4.15. The Balaban J connectivity index is 1.71. The number of hydrazone groups is 1. The first-order chi connectivity index (χ1) is 14.7. The van der Waals surface area contributed by atoms with Gasteiger partial charge in [0.05, 0.1) is 6.20 Å². The molecule has 0 radical (unpaired) electrons. The van der Waals surface area contributed by atoms with Crippen LogP contribution in [0.1, 0.15) is 31.2 Å².